The van der Waals surface area contributed by atoms with Gasteiger partial charge in [0.25, 0.3) is 0 Å². The van der Waals surface area contributed by atoms with E-state index in [4.69, 9.17) is 5.73 Å². The standard InChI is InChI=1S/C9H19N/c1-6(2)8-4-9(8)7(3)5-10/h6-9H,4-5,10H2,1-3H3. The van der Waals surface area contributed by atoms with Crippen molar-refractivity contribution in [3.63, 3.8) is 0 Å². The molecule has 0 aliphatic heterocycles. The highest BCUT2D eigenvalue weighted by atomic mass is 14.6. The van der Waals surface area contributed by atoms with Gasteiger partial charge in [0, 0.05) is 0 Å². The highest BCUT2D eigenvalue weighted by Gasteiger charge is 2.41. The summed E-state index contributed by atoms with van der Waals surface area (Å²) in [5, 5.41) is 0. The molecule has 0 heterocycles. The highest BCUT2D eigenvalue weighted by Crippen LogP contribution is 2.48. The Bertz CT molecular complexity index is 109. The van der Waals surface area contributed by atoms with Crippen molar-refractivity contribution >= 4 is 0 Å². The van der Waals surface area contributed by atoms with Gasteiger partial charge in [-0.1, -0.05) is 20.8 Å². The largest absolute Gasteiger partial charge is 0.330 e. The maximum absolute atomic E-state index is 5.58. The second-order valence-corrected chi connectivity index (χ2v) is 4.02. The Hall–Kier alpha value is -0.0400. The molecule has 3 unspecified atom stereocenters. The van der Waals surface area contributed by atoms with Gasteiger partial charge in [-0.05, 0) is 36.6 Å². The van der Waals surface area contributed by atoms with Crippen LogP contribution in [0.3, 0.4) is 0 Å². The van der Waals surface area contributed by atoms with Crippen LogP contribution >= 0.6 is 0 Å². The maximum atomic E-state index is 5.58. The molecule has 0 saturated heterocycles. The quantitative estimate of drug-likeness (QED) is 0.638. The lowest BCUT2D eigenvalue weighted by molar-refractivity contribution is 0.430. The zero-order chi connectivity index (χ0) is 7.72. The molecule has 10 heavy (non-hydrogen) atoms. The van der Waals surface area contributed by atoms with E-state index >= 15 is 0 Å². The van der Waals surface area contributed by atoms with Gasteiger partial charge in [0.2, 0.25) is 0 Å². The van der Waals surface area contributed by atoms with Crippen LogP contribution in [0, 0.1) is 23.7 Å². The second kappa shape index (κ2) is 2.91. The number of rotatable bonds is 3. The molecule has 0 aromatic carbocycles. The van der Waals surface area contributed by atoms with Gasteiger partial charge in [0.05, 0.1) is 0 Å². The van der Waals surface area contributed by atoms with Gasteiger partial charge in [-0.2, -0.15) is 0 Å². The van der Waals surface area contributed by atoms with Crippen molar-refractivity contribution in [1.82, 2.24) is 0 Å². The molecule has 60 valence electrons. The highest BCUT2D eigenvalue weighted by molar-refractivity contribution is 4.91. The third-order valence-corrected chi connectivity index (χ3v) is 2.85. The summed E-state index contributed by atoms with van der Waals surface area (Å²) in [5.41, 5.74) is 5.58. The fourth-order valence-corrected chi connectivity index (χ4v) is 1.83. The minimum absolute atomic E-state index is 0.757. The van der Waals surface area contributed by atoms with Gasteiger partial charge in [0.1, 0.15) is 0 Å². The van der Waals surface area contributed by atoms with Crippen molar-refractivity contribution in [2.75, 3.05) is 6.54 Å². The van der Waals surface area contributed by atoms with E-state index in [2.05, 4.69) is 20.8 Å². The van der Waals surface area contributed by atoms with Gasteiger partial charge >= 0.3 is 0 Å². The van der Waals surface area contributed by atoms with Crippen molar-refractivity contribution in [3.05, 3.63) is 0 Å². The van der Waals surface area contributed by atoms with Gasteiger partial charge < -0.3 is 5.73 Å². The van der Waals surface area contributed by atoms with Crippen LogP contribution in [0.25, 0.3) is 0 Å². The smallest absolute Gasteiger partial charge is 0.00487 e. The first-order valence-corrected chi connectivity index (χ1v) is 4.37. The summed E-state index contributed by atoms with van der Waals surface area (Å²) in [6.07, 6.45) is 1.43. The van der Waals surface area contributed by atoms with Crippen LogP contribution in [0.1, 0.15) is 27.2 Å². The minimum Gasteiger partial charge on any atom is -0.330 e. The molecule has 1 rings (SSSR count). The average Bonchev–Trinajstić information content (AvgIpc) is 2.64. The Kier molecular flexibility index (Phi) is 2.35. The molecule has 0 bridgehead atoms. The van der Waals surface area contributed by atoms with E-state index in [1.807, 2.05) is 0 Å². The van der Waals surface area contributed by atoms with Crippen molar-refractivity contribution in [2.24, 2.45) is 29.4 Å². The molecule has 1 saturated carbocycles. The summed E-state index contributed by atoms with van der Waals surface area (Å²) in [6.45, 7) is 7.77. The zero-order valence-corrected chi connectivity index (χ0v) is 7.30. The first-order chi connectivity index (χ1) is 4.66. The lowest BCUT2D eigenvalue weighted by Gasteiger charge is -2.08. The molecule has 1 fully saturated rings. The van der Waals surface area contributed by atoms with Crippen LogP contribution in [-0.2, 0) is 0 Å². The molecule has 1 aliphatic carbocycles. The Morgan fingerprint density at radius 2 is 1.90 bits per heavy atom. The van der Waals surface area contributed by atoms with E-state index in [0.29, 0.717) is 0 Å². The van der Waals surface area contributed by atoms with Crippen LogP contribution in [0.15, 0.2) is 0 Å². The average molecular weight is 141 g/mol. The normalized spacial score (nSPS) is 34.5. The van der Waals surface area contributed by atoms with Crippen molar-refractivity contribution in [1.29, 1.82) is 0 Å². The van der Waals surface area contributed by atoms with Gasteiger partial charge in [0.15, 0.2) is 0 Å². The maximum Gasteiger partial charge on any atom is -0.00487 e. The molecule has 1 nitrogen and oxygen atoms in total. The summed E-state index contributed by atoms with van der Waals surface area (Å²) >= 11 is 0. The lowest BCUT2D eigenvalue weighted by Crippen LogP contribution is -2.14. The van der Waals surface area contributed by atoms with E-state index in [9.17, 15) is 0 Å². The van der Waals surface area contributed by atoms with Gasteiger partial charge in [-0.25, -0.2) is 0 Å². The first-order valence-electron chi connectivity index (χ1n) is 4.37. The third kappa shape index (κ3) is 1.51. The molecule has 2 N–H and O–H groups in total. The van der Waals surface area contributed by atoms with E-state index in [1.54, 1.807) is 0 Å². The molecular weight excluding hydrogens is 122 g/mol. The van der Waals surface area contributed by atoms with Crippen LogP contribution < -0.4 is 5.73 Å². The molecule has 1 aliphatic rings. The minimum atomic E-state index is 0.757. The van der Waals surface area contributed by atoms with Crippen molar-refractivity contribution < 1.29 is 0 Å². The number of hydrogen-bond acceptors (Lipinski definition) is 1. The molecular formula is C9H19N. The van der Waals surface area contributed by atoms with E-state index < -0.39 is 0 Å². The third-order valence-electron chi connectivity index (χ3n) is 2.85. The van der Waals surface area contributed by atoms with E-state index in [-0.39, 0.29) is 0 Å². The van der Waals surface area contributed by atoms with E-state index in [0.717, 1.165) is 30.2 Å². The van der Waals surface area contributed by atoms with Crippen LogP contribution in [0.2, 0.25) is 0 Å². The van der Waals surface area contributed by atoms with Crippen molar-refractivity contribution in [2.45, 2.75) is 27.2 Å². The summed E-state index contributed by atoms with van der Waals surface area (Å²) in [6, 6.07) is 0. The summed E-state index contributed by atoms with van der Waals surface area (Å²) in [4.78, 5) is 0. The Balaban J connectivity index is 2.24. The molecule has 0 aromatic rings. The molecule has 3 atom stereocenters. The fraction of sp³-hybridized carbons (Fsp3) is 1.00. The fourth-order valence-electron chi connectivity index (χ4n) is 1.83. The topological polar surface area (TPSA) is 26.0 Å². The van der Waals surface area contributed by atoms with Gasteiger partial charge in [-0.3, -0.25) is 0 Å². The molecule has 0 aromatic heterocycles. The van der Waals surface area contributed by atoms with Crippen LogP contribution in [-0.4, -0.2) is 6.54 Å². The SMILES string of the molecule is CC(C)C1CC1C(C)CN. The molecule has 1 heteroatoms. The summed E-state index contributed by atoms with van der Waals surface area (Å²) in [7, 11) is 0. The predicted octanol–water partition coefficient (Wildman–Crippen LogP) is 1.87. The van der Waals surface area contributed by atoms with Crippen LogP contribution in [0.4, 0.5) is 0 Å². The van der Waals surface area contributed by atoms with Gasteiger partial charge in [-0.15, -0.1) is 0 Å². The number of nitrogens with two attached hydrogens (primary N) is 1. The Morgan fingerprint density at radius 3 is 2.20 bits per heavy atom. The number of hydrogen-bond donors (Lipinski definition) is 1. The molecule has 0 spiro atoms. The summed E-state index contributed by atoms with van der Waals surface area (Å²) < 4.78 is 0. The second-order valence-electron chi connectivity index (χ2n) is 4.02. The van der Waals surface area contributed by atoms with Crippen LogP contribution in [0.5, 0.6) is 0 Å². The Morgan fingerprint density at radius 1 is 1.30 bits per heavy atom. The summed E-state index contributed by atoms with van der Waals surface area (Å²) in [5.74, 6) is 3.56. The first kappa shape index (κ1) is 8.06. The zero-order valence-electron chi connectivity index (χ0n) is 7.30. The van der Waals surface area contributed by atoms with E-state index in [1.165, 1.54) is 6.42 Å². The lowest BCUT2D eigenvalue weighted by atomic mass is 10.00. The van der Waals surface area contributed by atoms with Crippen molar-refractivity contribution in [3.8, 4) is 0 Å². The molecule has 0 amide bonds. The Labute approximate surface area is 64.0 Å². The molecule has 0 radical (unpaired) electrons. The monoisotopic (exact) mass is 141 g/mol. The predicted molar refractivity (Wildman–Crippen MR) is 44.7 cm³/mol.